The number of fused-ring (bicyclic) bond motifs is 3. The van der Waals surface area contributed by atoms with Crippen LogP contribution in [0.1, 0.15) is 42.7 Å². The Hall–Kier alpha value is -3.39. The molecule has 1 saturated carbocycles. The number of carbonyl (C=O) groups is 3. The van der Waals surface area contributed by atoms with E-state index in [2.05, 4.69) is 34.9 Å². The van der Waals surface area contributed by atoms with Gasteiger partial charge in [-0.15, -0.1) is 0 Å². The summed E-state index contributed by atoms with van der Waals surface area (Å²) in [6.07, 6.45) is 2.35. The maximum Gasteiger partial charge on any atom is 0.407 e. The Bertz CT molecular complexity index is 994. The monoisotopic (exact) mass is 466 g/mol. The van der Waals surface area contributed by atoms with Gasteiger partial charge in [0.1, 0.15) is 13.2 Å². The van der Waals surface area contributed by atoms with Crippen molar-refractivity contribution in [3.05, 3.63) is 59.7 Å². The highest BCUT2D eigenvalue weighted by atomic mass is 16.5. The van der Waals surface area contributed by atoms with Crippen LogP contribution >= 0.6 is 0 Å². The molecule has 0 saturated heterocycles. The van der Waals surface area contributed by atoms with Crippen molar-refractivity contribution >= 4 is 18.0 Å². The van der Waals surface area contributed by atoms with E-state index in [1.54, 1.807) is 0 Å². The predicted molar refractivity (Wildman–Crippen MR) is 125 cm³/mol. The third-order valence-corrected chi connectivity index (χ3v) is 6.48. The molecule has 1 fully saturated rings. The molecule has 0 aliphatic heterocycles. The summed E-state index contributed by atoms with van der Waals surface area (Å²) < 4.78 is 10.5. The molecular formula is C26H30N2O6. The molecule has 4 rings (SSSR count). The minimum atomic E-state index is -1.03. The summed E-state index contributed by atoms with van der Waals surface area (Å²) in [5.74, 6) is -0.908. The topological polar surface area (TPSA) is 114 Å². The van der Waals surface area contributed by atoms with Crippen LogP contribution in [0.5, 0.6) is 0 Å². The summed E-state index contributed by atoms with van der Waals surface area (Å²) in [5, 5.41) is 14.2. The molecule has 0 spiro atoms. The van der Waals surface area contributed by atoms with E-state index < -0.39 is 12.1 Å². The summed E-state index contributed by atoms with van der Waals surface area (Å²) in [5.41, 5.74) is 4.74. The normalized spacial score (nSPS) is 18.7. The first kappa shape index (κ1) is 23.8. The molecule has 8 heteroatoms. The molecule has 2 amide bonds. The van der Waals surface area contributed by atoms with E-state index in [1.807, 2.05) is 24.3 Å². The molecule has 0 unspecified atom stereocenters. The molecule has 0 radical (unpaired) electrons. The number of aliphatic carboxylic acids is 1. The Labute approximate surface area is 198 Å². The van der Waals surface area contributed by atoms with Crippen molar-refractivity contribution in [2.24, 2.45) is 5.92 Å². The summed E-state index contributed by atoms with van der Waals surface area (Å²) in [4.78, 5) is 35.0. The number of carboxylic acid groups (broad SMARTS) is 1. The molecule has 180 valence electrons. The Balaban J connectivity index is 1.19. The highest BCUT2D eigenvalue weighted by molar-refractivity contribution is 5.79. The molecule has 2 aliphatic rings. The zero-order chi connectivity index (χ0) is 23.9. The molecule has 3 N–H and O–H groups in total. The van der Waals surface area contributed by atoms with Crippen LogP contribution in [-0.2, 0) is 19.1 Å². The molecule has 2 atom stereocenters. The van der Waals surface area contributed by atoms with E-state index in [1.165, 1.54) is 22.3 Å². The van der Waals surface area contributed by atoms with Crippen molar-refractivity contribution in [3.63, 3.8) is 0 Å². The third-order valence-electron chi connectivity index (χ3n) is 6.48. The van der Waals surface area contributed by atoms with Crippen LogP contribution in [0.4, 0.5) is 4.79 Å². The minimum absolute atomic E-state index is 0.00708. The second kappa shape index (κ2) is 11.2. The van der Waals surface area contributed by atoms with Crippen molar-refractivity contribution in [1.82, 2.24) is 10.6 Å². The van der Waals surface area contributed by atoms with Crippen molar-refractivity contribution in [2.75, 3.05) is 26.4 Å². The molecule has 2 aromatic carbocycles. The van der Waals surface area contributed by atoms with Gasteiger partial charge in [0.2, 0.25) is 5.91 Å². The van der Waals surface area contributed by atoms with Crippen LogP contribution in [-0.4, -0.2) is 55.5 Å². The standard InChI is InChI=1S/C26H30N2O6/c29-24(27-11-12-33-16-25(30)31)14-17-9-10-18(13-17)28-26(32)34-15-23-21-7-3-1-5-19(21)20-6-2-4-8-22(20)23/h1-8,17-18,23H,9-16H2,(H,27,29)(H,28,32)(H,30,31)/t17-,18+/m1/s1. The van der Waals surface area contributed by atoms with Gasteiger partial charge in [-0.25, -0.2) is 9.59 Å². The van der Waals surface area contributed by atoms with Gasteiger partial charge in [0, 0.05) is 24.9 Å². The van der Waals surface area contributed by atoms with E-state index in [9.17, 15) is 14.4 Å². The Morgan fingerprint density at radius 1 is 0.971 bits per heavy atom. The number of rotatable bonds is 10. The number of nitrogens with one attached hydrogen (secondary N) is 2. The Morgan fingerprint density at radius 3 is 2.32 bits per heavy atom. The summed E-state index contributed by atoms with van der Waals surface area (Å²) in [6.45, 7) is 0.346. The number of benzene rings is 2. The number of amides is 2. The second-order valence-electron chi connectivity index (χ2n) is 8.85. The first-order chi connectivity index (χ1) is 16.5. The maximum atomic E-state index is 12.5. The summed E-state index contributed by atoms with van der Waals surface area (Å²) in [7, 11) is 0. The zero-order valence-corrected chi connectivity index (χ0v) is 19.0. The van der Waals surface area contributed by atoms with Crippen molar-refractivity contribution in [3.8, 4) is 11.1 Å². The lowest BCUT2D eigenvalue weighted by molar-refractivity contribution is -0.142. The van der Waals surface area contributed by atoms with Gasteiger partial charge in [-0.3, -0.25) is 4.79 Å². The van der Waals surface area contributed by atoms with Gasteiger partial charge >= 0.3 is 12.1 Å². The molecule has 2 aliphatic carbocycles. The van der Waals surface area contributed by atoms with E-state index in [-0.39, 0.29) is 50.2 Å². The largest absolute Gasteiger partial charge is 0.480 e. The van der Waals surface area contributed by atoms with Crippen LogP contribution in [0.3, 0.4) is 0 Å². The number of alkyl carbamates (subject to hydrolysis) is 1. The molecule has 0 heterocycles. The van der Waals surface area contributed by atoms with Crippen molar-refractivity contribution in [1.29, 1.82) is 0 Å². The van der Waals surface area contributed by atoms with Gasteiger partial charge in [-0.2, -0.15) is 0 Å². The lowest BCUT2D eigenvalue weighted by atomic mass is 9.98. The fraction of sp³-hybridized carbons (Fsp3) is 0.423. The minimum Gasteiger partial charge on any atom is -0.480 e. The number of carboxylic acids is 1. The quantitative estimate of drug-likeness (QED) is 0.463. The summed E-state index contributed by atoms with van der Waals surface area (Å²) >= 11 is 0. The molecular weight excluding hydrogens is 436 g/mol. The highest BCUT2D eigenvalue weighted by Crippen LogP contribution is 2.44. The first-order valence-corrected chi connectivity index (χ1v) is 11.7. The van der Waals surface area contributed by atoms with Gasteiger partial charge in [-0.1, -0.05) is 48.5 Å². The van der Waals surface area contributed by atoms with Crippen molar-refractivity contribution in [2.45, 2.75) is 37.6 Å². The SMILES string of the molecule is O=C(O)COCCNC(=O)C[C@@H]1CC[C@H](NC(=O)OCC2c3ccccc3-c3ccccc32)C1. The van der Waals surface area contributed by atoms with E-state index in [0.29, 0.717) is 6.42 Å². The van der Waals surface area contributed by atoms with Crippen LogP contribution in [0.2, 0.25) is 0 Å². The number of hydrogen-bond acceptors (Lipinski definition) is 5. The van der Waals surface area contributed by atoms with Crippen molar-refractivity contribution < 1.29 is 29.0 Å². The van der Waals surface area contributed by atoms with Crippen LogP contribution < -0.4 is 10.6 Å². The van der Waals surface area contributed by atoms with E-state index in [0.717, 1.165) is 19.3 Å². The first-order valence-electron chi connectivity index (χ1n) is 11.7. The van der Waals surface area contributed by atoms with Crippen LogP contribution in [0, 0.1) is 5.92 Å². The zero-order valence-electron chi connectivity index (χ0n) is 19.0. The molecule has 34 heavy (non-hydrogen) atoms. The lowest BCUT2D eigenvalue weighted by Gasteiger charge is -2.17. The number of hydrogen-bond donors (Lipinski definition) is 3. The molecule has 8 nitrogen and oxygen atoms in total. The average molecular weight is 467 g/mol. The van der Waals surface area contributed by atoms with Crippen LogP contribution in [0.15, 0.2) is 48.5 Å². The number of carbonyl (C=O) groups excluding carboxylic acids is 2. The highest BCUT2D eigenvalue weighted by Gasteiger charge is 2.31. The Morgan fingerprint density at radius 2 is 1.65 bits per heavy atom. The van der Waals surface area contributed by atoms with E-state index >= 15 is 0 Å². The van der Waals surface area contributed by atoms with Gasteiger partial charge in [-0.05, 0) is 47.4 Å². The van der Waals surface area contributed by atoms with Crippen LogP contribution in [0.25, 0.3) is 11.1 Å². The molecule has 2 aromatic rings. The average Bonchev–Trinajstić information content (AvgIpc) is 3.39. The van der Waals surface area contributed by atoms with Gasteiger partial charge in [0.15, 0.2) is 0 Å². The van der Waals surface area contributed by atoms with E-state index in [4.69, 9.17) is 14.6 Å². The third kappa shape index (κ3) is 5.94. The molecule has 0 bridgehead atoms. The fourth-order valence-corrected chi connectivity index (χ4v) is 4.95. The Kier molecular flexibility index (Phi) is 7.80. The number of ether oxygens (including phenoxy) is 2. The second-order valence-corrected chi connectivity index (χ2v) is 8.85. The lowest BCUT2D eigenvalue weighted by Crippen LogP contribution is -2.34. The van der Waals surface area contributed by atoms with Gasteiger partial charge in [0.05, 0.1) is 6.61 Å². The maximum absolute atomic E-state index is 12.5. The predicted octanol–water partition coefficient (Wildman–Crippen LogP) is 3.30. The molecule has 0 aromatic heterocycles. The smallest absolute Gasteiger partial charge is 0.407 e. The van der Waals surface area contributed by atoms with Gasteiger partial charge < -0.3 is 25.2 Å². The van der Waals surface area contributed by atoms with Gasteiger partial charge in [0.25, 0.3) is 0 Å². The summed E-state index contributed by atoms with van der Waals surface area (Å²) in [6, 6.07) is 16.4. The fourth-order valence-electron chi connectivity index (χ4n) is 4.95.